The average molecular weight is 186 g/mol. The Labute approximate surface area is 80.9 Å². The van der Waals surface area contributed by atoms with E-state index in [1.807, 2.05) is 6.92 Å². The molecular formula is C10H22N2O. The number of aliphatic hydroxyl groups is 1. The summed E-state index contributed by atoms with van der Waals surface area (Å²) >= 11 is 0. The van der Waals surface area contributed by atoms with E-state index in [-0.39, 0.29) is 17.6 Å². The van der Waals surface area contributed by atoms with E-state index in [0.717, 1.165) is 26.1 Å². The van der Waals surface area contributed by atoms with Crippen LogP contribution in [-0.4, -0.2) is 41.8 Å². The molecule has 1 saturated heterocycles. The molecule has 3 N–H and O–H groups in total. The van der Waals surface area contributed by atoms with Gasteiger partial charge in [-0.15, -0.1) is 0 Å². The van der Waals surface area contributed by atoms with Crippen molar-refractivity contribution >= 4 is 0 Å². The first-order chi connectivity index (χ1) is 5.92. The molecular weight excluding hydrogens is 164 g/mol. The lowest BCUT2D eigenvalue weighted by Gasteiger charge is -2.33. The van der Waals surface area contributed by atoms with Gasteiger partial charge in [0.2, 0.25) is 0 Å². The summed E-state index contributed by atoms with van der Waals surface area (Å²) in [6, 6.07) is 0.199. The van der Waals surface area contributed by atoms with Crippen molar-refractivity contribution in [1.29, 1.82) is 0 Å². The zero-order valence-electron chi connectivity index (χ0n) is 8.95. The molecule has 1 aliphatic rings. The van der Waals surface area contributed by atoms with Gasteiger partial charge in [-0.2, -0.15) is 0 Å². The number of rotatable bonds is 3. The molecule has 1 rings (SSSR count). The van der Waals surface area contributed by atoms with Gasteiger partial charge in [0.25, 0.3) is 0 Å². The summed E-state index contributed by atoms with van der Waals surface area (Å²) in [6.07, 6.45) is 0.790. The van der Waals surface area contributed by atoms with E-state index in [9.17, 15) is 5.11 Å². The van der Waals surface area contributed by atoms with Crippen LogP contribution in [0.3, 0.4) is 0 Å². The summed E-state index contributed by atoms with van der Waals surface area (Å²) in [7, 11) is 0. The largest absolute Gasteiger partial charge is 0.392 e. The SMILES string of the molecule is CC(N)C(C)(C)CN1CCC(O)C1. The molecule has 2 unspecified atom stereocenters. The highest BCUT2D eigenvalue weighted by Gasteiger charge is 2.29. The number of aliphatic hydroxyl groups excluding tert-OH is 1. The highest BCUT2D eigenvalue weighted by atomic mass is 16.3. The Hall–Kier alpha value is -0.120. The molecule has 0 aromatic carbocycles. The van der Waals surface area contributed by atoms with E-state index in [1.54, 1.807) is 0 Å². The molecule has 1 heterocycles. The van der Waals surface area contributed by atoms with Crippen LogP contribution in [0.2, 0.25) is 0 Å². The van der Waals surface area contributed by atoms with Crippen LogP contribution < -0.4 is 5.73 Å². The van der Waals surface area contributed by atoms with E-state index in [4.69, 9.17) is 5.73 Å². The number of nitrogens with zero attached hydrogens (tertiary/aromatic N) is 1. The predicted octanol–water partition coefficient (Wildman–Crippen LogP) is 0.426. The summed E-state index contributed by atoms with van der Waals surface area (Å²) in [5, 5.41) is 9.36. The van der Waals surface area contributed by atoms with Crippen molar-refractivity contribution in [2.75, 3.05) is 19.6 Å². The van der Waals surface area contributed by atoms with E-state index >= 15 is 0 Å². The first-order valence-electron chi connectivity index (χ1n) is 5.08. The van der Waals surface area contributed by atoms with Crippen LogP contribution in [0.15, 0.2) is 0 Å². The Bertz CT molecular complexity index is 168. The van der Waals surface area contributed by atoms with Crippen molar-refractivity contribution in [2.24, 2.45) is 11.1 Å². The quantitative estimate of drug-likeness (QED) is 0.672. The lowest BCUT2D eigenvalue weighted by atomic mass is 9.85. The van der Waals surface area contributed by atoms with Gasteiger partial charge in [0.05, 0.1) is 6.10 Å². The average Bonchev–Trinajstić information content (AvgIpc) is 2.34. The number of β-amino-alcohol motifs (C(OH)–C–C–N with tert-alkyl or cyclic N) is 1. The maximum absolute atomic E-state index is 9.36. The van der Waals surface area contributed by atoms with Crippen LogP contribution >= 0.6 is 0 Å². The van der Waals surface area contributed by atoms with Gasteiger partial charge in [-0.25, -0.2) is 0 Å². The fourth-order valence-electron chi connectivity index (χ4n) is 1.68. The maximum atomic E-state index is 9.36. The van der Waals surface area contributed by atoms with Crippen LogP contribution in [0, 0.1) is 5.41 Å². The number of nitrogens with two attached hydrogens (primary N) is 1. The number of hydrogen-bond donors (Lipinski definition) is 2. The Morgan fingerprint density at radius 3 is 2.62 bits per heavy atom. The molecule has 13 heavy (non-hydrogen) atoms. The lowest BCUT2D eigenvalue weighted by Crippen LogP contribution is -2.43. The first-order valence-corrected chi connectivity index (χ1v) is 5.08. The minimum atomic E-state index is -0.121. The molecule has 3 nitrogen and oxygen atoms in total. The predicted molar refractivity (Wildman–Crippen MR) is 54.5 cm³/mol. The summed E-state index contributed by atoms with van der Waals surface area (Å²) in [6.45, 7) is 9.23. The van der Waals surface area contributed by atoms with Crippen molar-refractivity contribution in [2.45, 2.75) is 39.3 Å². The van der Waals surface area contributed by atoms with Crippen molar-refractivity contribution in [3.05, 3.63) is 0 Å². The topological polar surface area (TPSA) is 49.5 Å². The van der Waals surface area contributed by atoms with Gasteiger partial charge >= 0.3 is 0 Å². The zero-order valence-corrected chi connectivity index (χ0v) is 8.95. The molecule has 0 amide bonds. The van der Waals surface area contributed by atoms with Gasteiger partial charge < -0.3 is 15.7 Å². The Kier molecular flexibility index (Phi) is 3.33. The fourth-order valence-corrected chi connectivity index (χ4v) is 1.68. The van der Waals surface area contributed by atoms with Gasteiger partial charge in [0, 0.05) is 25.7 Å². The molecule has 0 saturated carbocycles. The van der Waals surface area contributed by atoms with E-state index in [2.05, 4.69) is 18.7 Å². The lowest BCUT2D eigenvalue weighted by molar-refractivity contribution is 0.145. The molecule has 3 heteroatoms. The Balaban J connectivity index is 2.40. The van der Waals surface area contributed by atoms with Crippen LogP contribution in [-0.2, 0) is 0 Å². The highest BCUT2D eigenvalue weighted by Crippen LogP contribution is 2.22. The zero-order chi connectivity index (χ0) is 10.1. The van der Waals surface area contributed by atoms with Crippen molar-refractivity contribution in [3.63, 3.8) is 0 Å². The van der Waals surface area contributed by atoms with Gasteiger partial charge in [0.1, 0.15) is 0 Å². The second-order valence-electron chi connectivity index (χ2n) is 4.95. The highest BCUT2D eigenvalue weighted by molar-refractivity contribution is 4.85. The molecule has 1 aliphatic heterocycles. The summed E-state index contributed by atoms with van der Waals surface area (Å²) < 4.78 is 0. The Morgan fingerprint density at radius 1 is 1.62 bits per heavy atom. The molecule has 0 spiro atoms. The third kappa shape index (κ3) is 2.93. The van der Waals surface area contributed by atoms with Crippen LogP contribution in [0.4, 0.5) is 0 Å². The van der Waals surface area contributed by atoms with Gasteiger partial charge in [-0.1, -0.05) is 13.8 Å². The molecule has 0 bridgehead atoms. The fraction of sp³-hybridized carbons (Fsp3) is 1.00. The molecule has 0 radical (unpaired) electrons. The minimum Gasteiger partial charge on any atom is -0.392 e. The second kappa shape index (κ2) is 3.95. The summed E-state index contributed by atoms with van der Waals surface area (Å²) in [5.41, 5.74) is 6.04. The first kappa shape index (κ1) is 11.0. The van der Waals surface area contributed by atoms with Gasteiger partial charge in [-0.3, -0.25) is 0 Å². The van der Waals surface area contributed by atoms with Crippen molar-refractivity contribution < 1.29 is 5.11 Å². The maximum Gasteiger partial charge on any atom is 0.0679 e. The third-order valence-corrected chi connectivity index (χ3v) is 3.11. The van der Waals surface area contributed by atoms with E-state index < -0.39 is 0 Å². The molecule has 0 aromatic heterocycles. The summed E-state index contributed by atoms with van der Waals surface area (Å²) in [4.78, 5) is 2.30. The molecule has 0 aromatic rings. The minimum absolute atomic E-state index is 0.121. The Morgan fingerprint density at radius 2 is 2.23 bits per heavy atom. The molecule has 0 aliphatic carbocycles. The van der Waals surface area contributed by atoms with Crippen molar-refractivity contribution in [1.82, 2.24) is 4.90 Å². The molecule has 1 fully saturated rings. The van der Waals surface area contributed by atoms with Gasteiger partial charge in [0.15, 0.2) is 0 Å². The van der Waals surface area contributed by atoms with Crippen LogP contribution in [0.1, 0.15) is 27.2 Å². The van der Waals surface area contributed by atoms with Crippen LogP contribution in [0.25, 0.3) is 0 Å². The normalized spacial score (nSPS) is 27.9. The van der Waals surface area contributed by atoms with Crippen LogP contribution in [0.5, 0.6) is 0 Å². The van der Waals surface area contributed by atoms with Crippen molar-refractivity contribution in [3.8, 4) is 0 Å². The number of hydrogen-bond acceptors (Lipinski definition) is 3. The van der Waals surface area contributed by atoms with E-state index in [0.29, 0.717) is 0 Å². The van der Waals surface area contributed by atoms with E-state index in [1.165, 1.54) is 0 Å². The van der Waals surface area contributed by atoms with Gasteiger partial charge in [-0.05, 0) is 18.8 Å². The smallest absolute Gasteiger partial charge is 0.0679 e. The number of likely N-dealkylation sites (tertiary alicyclic amines) is 1. The molecule has 78 valence electrons. The molecule has 2 atom stereocenters. The standard InChI is InChI=1S/C10H22N2O/c1-8(11)10(2,3)7-12-5-4-9(13)6-12/h8-9,13H,4-7,11H2,1-3H3. The summed E-state index contributed by atoms with van der Waals surface area (Å²) in [5.74, 6) is 0. The monoisotopic (exact) mass is 186 g/mol. The second-order valence-corrected chi connectivity index (χ2v) is 4.95. The third-order valence-electron chi connectivity index (χ3n) is 3.11.